The van der Waals surface area contributed by atoms with Gasteiger partial charge in [0.25, 0.3) is 0 Å². The van der Waals surface area contributed by atoms with Crippen LogP contribution in [0.5, 0.6) is 0 Å². The highest BCUT2D eigenvalue weighted by atomic mass is 31.2. The molecule has 0 aromatic heterocycles. The highest BCUT2D eigenvalue weighted by molar-refractivity contribution is 7.42. The third-order valence-corrected chi connectivity index (χ3v) is 5.23. The van der Waals surface area contributed by atoms with E-state index in [4.69, 9.17) is 27.1 Å². The lowest BCUT2D eigenvalue weighted by Gasteiger charge is -2.41. The van der Waals surface area contributed by atoms with Gasteiger partial charge in [-0.05, 0) is 18.8 Å². The minimum Gasteiger partial charge on any atom is -0.316 e. The van der Waals surface area contributed by atoms with Crippen molar-refractivity contribution in [2.45, 2.75) is 26.7 Å². The van der Waals surface area contributed by atoms with Gasteiger partial charge < -0.3 is 27.1 Å². The zero-order valence-corrected chi connectivity index (χ0v) is 14.2. The molecular weight excluding hydrogens is 302 g/mol. The van der Waals surface area contributed by atoms with Gasteiger partial charge in [-0.1, -0.05) is 13.8 Å². The van der Waals surface area contributed by atoms with E-state index in [1.807, 2.05) is 0 Å². The Kier molecular flexibility index (Phi) is 7.05. The normalized spacial score (nSPS) is 34.8. The predicted molar refractivity (Wildman–Crippen MR) is 77.1 cm³/mol. The zero-order chi connectivity index (χ0) is 14.4. The van der Waals surface area contributed by atoms with Gasteiger partial charge >= 0.3 is 17.2 Å². The SMILES string of the molecule is COP1OCC2(CO1)COP(OCCCC(C)C)OC2. The molecule has 1 spiro atoms. The third kappa shape index (κ3) is 5.11. The van der Waals surface area contributed by atoms with Crippen molar-refractivity contribution in [2.24, 2.45) is 11.3 Å². The minimum absolute atomic E-state index is 0.211. The highest BCUT2D eigenvalue weighted by Crippen LogP contribution is 2.52. The van der Waals surface area contributed by atoms with Crippen molar-refractivity contribution in [3.8, 4) is 0 Å². The summed E-state index contributed by atoms with van der Waals surface area (Å²) < 4.78 is 33.0. The Morgan fingerprint density at radius 3 is 2.05 bits per heavy atom. The molecule has 20 heavy (non-hydrogen) atoms. The smallest absolute Gasteiger partial charge is 0.316 e. The number of rotatable bonds is 6. The van der Waals surface area contributed by atoms with Gasteiger partial charge in [0.2, 0.25) is 0 Å². The molecule has 2 rings (SSSR count). The summed E-state index contributed by atoms with van der Waals surface area (Å²) in [6.07, 6.45) is 2.20. The minimum atomic E-state index is -1.21. The molecule has 2 aliphatic heterocycles. The van der Waals surface area contributed by atoms with Gasteiger partial charge in [0.15, 0.2) is 0 Å². The molecule has 0 N–H and O–H groups in total. The molecule has 0 aromatic carbocycles. The second kappa shape index (κ2) is 8.30. The van der Waals surface area contributed by atoms with Crippen molar-refractivity contribution in [1.29, 1.82) is 0 Å². The van der Waals surface area contributed by atoms with Crippen LogP contribution in [0.2, 0.25) is 0 Å². The lowest BCUT2D eigenvalue weighted by molar-refractivity contribution is -0.0745. The van der Waals surface area contributed by atoms with Crippen LogP contribution in [0, 0.1) is 11.3 Å². The average Bonchev–Trinajstić information content (AvgIpc) is 2.46. The van der Waals surface area contributed by atoms with E-state index >= 15 is 0 Å². The highest BCUT2D eigenvalue weighted by Gasteiger charge is 2.43. The van der Waals surface area contributed by atoms with E-state index in [9.17, 15) is 0 Å². The Morgan fingerprint density at radius 2 is 1.55 bits per heavy atom. The van der Waals surface area contributed by atoms with E-state index in [0.29, 0.717) is 39.0 Å². The van der Waals surface area contributed by atoms with Crippen LogP contribution in [-0.4, -0.2) is 40.1 Å². The molecule has 0 aliphatic carbocycles. The first kappa shape index (κ1) is 17.0. The fourth-order valence-corrected chi connectivity index (χ4v) is 4.20. The van der Waals surface area contributed by atoms with Gasteiger partial charge in [-0.15, -0.1) is 0 Å². The van der Waals surface area contributed by atoms with Crippen LogP contribution in [-0.2, 0) is 27.1 Å². The lowest BCUT2D eigenvalue weighted by atomic mass is 9.93. The number of hydrogen-bond donors (Lipinski definition) is 0. The largest absolute Gasteiger partial charge is 0.332 e. The molecule has 2 aliphatic rings. The van der Waals surface area contributed by atoms with Gasteiger partial charge in [0, 0.05) is 7.11 Å². The van der Waals surface area contributed by atoms with Gasteiger partial charge in [0.05, 0.1) is 38.4 Å². The summed E-state index contributed by atoms with van der Waals surface area (Å²) >= 11 is 0. The van der Waals surface area contributed by atoms with Gasteiger partial charge in [-0.25, -0.2) is 0 Å². The van der Waals surface area contributed by atoms with Gasteiger partial charge in [0.1, 0.15) is 0 Å². The van der Waals surface area contributed by atoms with E-state index in [2.05, 4.69) is 13.8 Å². The maximum Gasteiger partial charge on any atom is 0.332 e. The van der Waals surface area contributed by atoms with E-state index in [1.54, 1.807) is 7.11 Å². The van der Waals surface area contributed by atoms with E-state index in [1.165, 1.54) is 0 Å². The quantitative estimate of drug-likeness (QED) is 0.549. The first-order valence-corrected chi connectivity index (χ1v) is 9.12. The first-order chi connectivity index (χ1) is 9.63. The van der Waals surface area contributed by atoms with Crippen LogP contribution in [0.15, 0.2) is 0 Å². The second-order valence-corrected chi connectivity index (χ2v) is 8.14. The summed E-state index contributed by atoms with van der Waals surface area (Å²) in [7, 11) is -0.806. The summed E-state index contributed by atoms with van der Waals surface area (Å²) in [5.74, 6) is 0.704. The van der Waals surface area contributed by atoms with Crippen LogP contribution < -0.4 is 0 Å². The molecule has 0 aromatic rings. The third-order valence-electron chi connectivity index (χ3n) is 3.18. The summed E-state index contributed by atoms with van der Waals surface area (Å²) in [5.41, 5.74) is -0.211. The molecule has 0 atom stereocenters. The molecule has 0 amide bonds. The lowest BCUT2D eigenvalue weighted by Crippen LogP contribution is -2.44. The fraction of sp³-hybridized carbons (Fsp3) is 1.00. The Hall–Kier alpha value is 0.620. The average molecular weight is 326 g/mol. The van der Waals surface area contributed by atoms with Crippen molar-refractivity contribution >= 4 is 17.2 Å². The van der Waals surface area contributed by atoms with Gasteiger partial charge in [-0.3, -0.25) is 0 Å². The molecular formula is C12H24O6P2. The zero-order valence-electron chi connectivity index (χ0n) is 12.4. The van der Waals surface area contributed by atoms with Crippen molar-refractivity contribution in [2.75, 3.05) is 40.1 Å². The molecule has 0 saturated carbocycles. The van der Waals surface area contributed by atoms with Crippen molar-refractivity contribution in [3.63, 3.8) is 0 Å². The Labute approximate surface area is 123 Å². The summed E-state index contributed by atoms with van der Waals surface area (Å²) in [5, 5.41) is 0. The molecule has 0 unspecified atom stereocenters. The van der Waals surface area contributed by atoms with E-state index < -0.39 is 17.2 Å². The van der Waals surface area contributed by atoms with Crippen LogP contribution in [0.1, 0.15) is 26.7 Å². The Morgan fingerprint density at radius 1 is 1.00 bits per heavy atom. The Bertz CT molecular complexity index is 273. The maximum absolute atomic E-state index is 5.67. The van der Waals surface area contributed by atoms with E-state index in [-0.39, 0.29) is 5.41 Å². The second-order valence-electron chi connectivity index (χ2n) is 5.59. The first-order valence-electron chi connectivity index (χ1n) is 6.92. The molecule has 2 fully saturated rings. The molecule has 0 bridgehead atoms. The summed E-state index contributed by atoms with van der Waals surface area (Å²) in [6, 6.07) is 0. The van der Waals surface area contributed by atoms with Crippen LogP contribution in [0.4, 0.5) is 0 Å². The van der Waals surface area contributed by atoms with E-state index in [0.717, 1.165) is 12.8 Å². The van der Waals surface area contributed by atoms with Crippen molar-refractivity contribution in [1.82, 2.24) is 0 Å². The Balaban J connectivity index is 1.63. The van der Waals surface area contributed by atoms with Crippen molar-refractivity contribution < 1.29 is 27.1 Å². The maximum atomic E-state index is 5.67. The van der Waals surface area contributed by atoms with Crippen molar-refractivity contribution in [3.05, 3.63) is 0 Å². The summed E-state index contributed by atoms with van der Waals surface area (Å²) in [6.45, 7) is 7.30. The monoisotopic (exact) mass is 326 g/mol. The fourth-order valence-electron chi connectivity index (χ4n) is 1.89. The van der Waals surface area contributed by atoms with Crippen LogP contribution in [0.25, 0.3) is 0 Å². The van der Waals surface area contributed by atoms with Gasteiger partial charge in [-0.2, -0.15) is 0 Å². The van der Waals surface area contributed by atoms with Crippen LogP contribution >= 0.6 is 17.2 Å². The number of hydrogen-bond acceptors (Lipinski definition) is 6. The standard InChI is InChI=1S/C12H24O6P2/c1-11(2)5-4-6-14-20-17-9-12(10-18-20)7-15-19(13-3)16-8-12/h11H,4-10H2,1-3H3. The predicted octanol–water partition coefficient (Wildman–Crippen LogP) is 3.62. The summed E-state index contributed by atoms with van der Waals surface area (Å²) in [4.78, 5) is 0. The molecule has 2 heterocycles. The molecule has 8 heteroatoms. The molecule has 6 nitrogen and oxygen atoms in total. The topological polar surface area (TPSA) is 55.4 Å². The molecule has 2 saturated heterocycles. The molecule has 0 radical (unpaired) electrons. The molecule has 118 valence electrons. The van der Waals surface area contributed by atoms with Crippen LogP contribution in [0.3, 0.4) is 0 Å².